The van der Waals surface area contributed by atoms with E-state index < -0.39 is 11.8 Å². The van der Waals surface area contributed by atoms with Crippen LogP contribution in [0.25, 0.3) is 0 Å². The largest absolute Gasteiger partial charge is 0.465 e. The van der Waals surface area contributed by atoms with E-state index in [2.05, 4.69) is 4.74 Å². The minimum Gasteiger partial charge on any atom is -0.465 e. The fourth-order valence-corrected chi connectivity index (χ4v) is 1.82. The molecule has 0 radical (unpaired) electrons. The predicted molar refractivity (Wildman–Crippen MR) is 65.5 cm³/mol. The Morgan fingerprint density at radius 2 is 2.00 bits per heavy atom. The van der Waals surface area contributed by atoms with E-state index in [1.807, 2.05) is 13.8 Å². The second-order valence-electron chi connectivity index (χ2n) is 2.67. The number of carbonyl (C=O) groups excluding carboxylic acids is 1. The molecule has 0 atom stereocenters. The minimum atomic E-state index is -0.591. The van der Waals surface area contributed by atoms with Crippen LogP contribution in [0.4, 0.5) is 4.39 Å². The summed E-state index contributed by atoms with van der Waals surface area (Å²) in [7, 11) is 7.65. The van der Waals surface area contributed by atoms with E-state index in [1.54, 1.807) is 6.92 Å². The molecule has 1 aromatic rings. The number of methoxy groups -OCH3 is 1. The number of esters is 1. The number of hydrogen-bond acceptors (Lipinski definition) is 3. The summed E-state index contributed by atoms with van der Waals surface area (Å²) in [4.78, 5) is 11.7. The van der Waals surface area contributed by atoms with E-state index in [4.69, 9.17) is 10.7 Å². The first-order chi connectivity index (χ1) is 7.60. The van der Waals surface area contributed by atoms with Gasteiger partial charge < -0.3 is 4.74 Å². The van der Waals surface area contributed by atoms with Gasteiger partial charge in [-0.1, -0.05) is 13.8 Å². The second kappa shape index (κ2) is 7.52. The average Bonchev–Trinajstić information content (AvgIpc) is 2.33. The normalized spacial score (nSPS) is 9.12. The maximum absolute atomic E-state index is 13.1. The van der Waals surface area contributed by atoms with Crippen molar-refractivity contribution in [3.8, 4) is 0 Å². The number of hydrogen-bond donors (Lipinski definition) is 0. The lowest BCUT2D eigenvalue weighted by molar-refractivity contribution is 0.0596. The fraction of sp³-hybridized carbons (Fsp3) is 0.364. The van der Waals surface area contributed by atoms with Crippen LogP contribution in [0.15, 0.2) is 17.0 Å². The van der Waals surface area contributed by atoms with Crippen LogP contribution in [0.1, 0.15) is 29.8 Å². The molecule has 16 heavy (non-hydrogen) atoms. The van der Waals surface area contributed by atoms with Crippen molar-refractivity contribution < 1.29 is 13.9 Å². The third-order valence-electron chi connectivity index (χ3n) is 1.75. The topological polar surface area (TPSA) is 26.3 Å². The Morgan fingerprint density at radius 3 is 2.44 bits per heavy atom. The maximum atomic E-state index is 13.1. The van der Waals surface area contributed by atoms with Gasteiger partial charge in [-0.2, -0.15) is 0 Å². The van der Waals surface area contributed by atoms with E-state index in [0.717, 1.165) is 17.0 Å². The predicted octanol–water partition coefficient (Wildman–Crippen LogP) is 4.19. The molecular weight excluding hydrogens is 251 g/mol. The molecule has 0 fully saturated rings. The number of ether oxygens (including phenoxy) is 1. The molecule has 0 aromatic heterocycles. The van der Waals surface area contributed by atoms with Gasteiger partial charge in [-0.15, -0.1) is 0 Å². The summed E-state index contributed by atoms with van der Waals surface area (Å²) < 4.78 is 17.6. The first-order valence-electron chi connectivity index (χ1n) is 4.77. The zero-order chi connectivity index (χ0) is 12.7. The van der Waals surface area contributed by atoms with Gasteiger partial charge in [0, 0.05) is 4.90 Å². The van der Waals surface area contributed by atoms with Gasteiger partial charge in [0.05, 0.1) is 12.7 Å². The van der Waals surface area contributed by atoms with E-state index in [1.165, 1.54) is 13.2 Å². The van der Waals surface area contributed by atoms with E-state index in [-0.39, 0.29) is 5.56 Å². The zero-order valence-electron chi connectivity index (χ0n) is 9.64. The highest BCUT2D eigenvalue weighted by molar-refractivity contribution is 8.21. The molecule has 0 aliphatic rings. The third-order valence-corrected chi connectivity index (χ3v) is 2.75. The van der Waals surface area contributed by atoms with Gasteiger partial charge in [0.25, 0.3) is 0 Å². The van der Waals surface area contributed by atoms with Gasteiger partial charge in [0.2, 0.25) is 0 Å². The van der Waals surface area contributed by atoms with Crippen molar-refractivity contribution in [1.82, 2.24) is 0 Å². The molecular formula is C11H14ClFO2S. The lowest BCUT2D eigenvalue weighted by Crippen LogP contribution is -2.04. The first kappa shape index (κ1) is 15.3. The van der Waals surface area contributed by atoms with Crippen molar-refractivity contribution in [2.45, 2.75) is 25.7 Å². The fourth-order valence-electron chi connectivity index (χ4n) is 0.988. The van der Waals surface area contributed by atoms with Crippen LogP contribution in [-0.4, -0.2) is 13.1 Å². The summed E-state index contributed by atoms with van der Waals surface area (Å²) in [6.45, 7) is 5.60. The van der Waals surface area contributed by atoms with Crippen molar-refractivity contribution in [2.24, 2.45) is 0 Å². The van der Waals surface area contributed by atoms with Crippen molar-refractivity contribution >= 4 is 27.6 Å². The number of halogens is 2. The highest BCUT2D eigenvalue weighted by atomic mass is 35.7. The average molecular weight is 265 g/mol. The lowest BCUT2D eigenvalue weighted by Gasteiger charge is -2.06. The van der Waals surface area contributed by atoms with Gasteiger partial charge in [-0.05, 0) is 46.3 Å². The van der Waals surface area contributed by atoms with Crippen LogP contribution in [0.3, 0.4) is 0 Å². The summed E-state index contributed by atoms with van der Waals surface area (Å²) >= 11 is 0. The summed E-state index contributed by atoms with van der Waals surface area (Å²) in [5.41, 5.74) is 0.594. The van der Waals surface area contributed by atoms with Gasteiger partial charge in [-0.3, -0.25) is 0 Å². The summed E-state index contributed by atoms with van der Waals surface area (Å²) in [6, 6.07) is 2.64. The van der Waals surface area contributed by atoms with E-state index in [9.17, 15) is 9.18 Å². The summed E-state index contributed by atoms with van der Waals surface area (Å²) in [6.07, 6.45) is 0. The van der Waals surface area contributed by atoms with Crippen LogP contribution >= 0.6 is 21.7 Å². The van der Waals surface area contributed by atoms with Crippen LogP contribution in [0, 0.1) is 12.7 Å². The Hall–Kier alpha value is -0.740. The molecule has 0 unspecified atom stereocenters. The quantitative estimate of drug-likeness (QED) is 0.749. The highest BCUT2D eigenvalue weighted by Gasteiger charge is 2.14. The monoisotopic (exact) mass is 264 g/mol. The summed E-state index contributed by atoms with van der Waals surface area (Å²) in [5.74, 6) is -1.04. The molecule has 5 heteroatoms. The number of aryl methyl sites for hydroxylation is 1. The minimum absolute atomic E-state index is 0.149. The standard InChI is InChI=1S/C9H8ClFO2S.C2H6/c1-5-3-8(14-10)6(4-7(5)11)9(12)13-2;1-2/h3-4H,1-2H3;1-2H3. The molecule has 0 amide bonds. The van der Waals surface area contributed by atoms with Crippen molar-refractivity contribution in [2.75, 3.05) is 7.11 Å². The molecule has 90 valence electrons. The van der Waals surface area contributed by atoms with Crippen molar-refractivity contribution in [3.05, 3.63) is 29.1 Å². The van der Waals surface area contributed by atoms with E-state index >= 15 is 0 Å². The number of rotatable bonds is 2. The third kappa shape index (κ3) is 3.68. The highest BCUT2D eigenvalue weighted by Crippen LogP contribution is 2.28. The Morgan fingerprint density at radius 1 is 1.44 bits per heavy atom. The van der Waals surface area contributed by atoms with Gasteiger partial charge in [-0.25, -0.2) is 9.18 Å². The van der Waals surface area contributed by atoms with Gasteiger partial charge in [0.15, 0.2) is 0 Å². The lowest BCUT2D eigenvalue weighted by atomic mass is 10.1. The molecule has 0 bridgehead atoms. The number of carbonyl (C=O) groups is 1. The Kier molecular flexibility index (Phi) is 7.17. The molecule has 0 aliphatic carbocycles. The molecule has 1 rings (SSSR count). The van der Waals surface area contributed by atoms with Crippen LogP contribution in [0.2, 0.25) is 0 Å². The molecule has 0 aliphatic heterocycles. The van der Waals surface area contributed by atoms with Crippen LogP contribution in [0.5, 0.6) is 0 Å². The molecule has 1 aromatic carbocycles. The van der Waals surface area contributed by atoms with Crippen LogP contribution < -0.4 is 0 Å². The SMILES string of the molecule is CC.COC(=O)c1cc(F)c(C)cc1SCl. The number of benzene rings is 1. The van der Waals surface area contributed by atoms with Crippen LogP contribution in [-0.2, 0) is 4.74 Å². The first-order valence-corrected chi connectivity index (χ1v) is 6.41. The van der Waals surface area contributed by atoms with E-state index in [0.29, 0.717) is 10.5 Å². The van der Waals surface area contributed by atoms with Crippen molar-refractivity contribution in [3.63, 3.8) is 0 Å². The second-order valence-corrected chi connectivity index (χ2v) is 3.72. The molecule has 0 spiro atoms. The molecule has 2 nitrogen and oxygen atoms in total. The van der Waals surface area contributed by atoms with Gasteiger partial charge >= 0.3 is 5.97 Å². The summed E-state index contributed by atoms with van der Waals surface area (Å²) in [5, 5.41) is 0. The Labute approximate surface area is 104 Å². The maximum Gasteiger partial charge on any atom is 0.339 e. The molecule has 0 saturated carbocycles. The zero-order valence-corrected chi connectivity index (χ0v) is 11.2. The Balaban J connectivity index is 0.00000106. The van der Waals surface area contributed by atoms with Crippen molar-refractivity contribution in [1.29, 1.82) is 0 Å². The Bertz CT molecular complexity index is 369. The molecule has 0 heterocycles. The molecule has 0 saturated heterocycles. The van der Waals surface area contributed by atoms with Gasteiger partial charge in [0.1, 0.15) is 5.82 Å². The molecule has 0 N–H and O–H groups in total. The smallest absolute Gasteiger partial charge is 0.339 e.